The number of nitrogens with zero attached hydrogens (tertiary/aromatic N) is 2. The Morgan fingerprint density at radius 1 is 0.333 bits per heavy atom. The Labute approximate surface area is 330 Å². The Morgan fingerprint density at radius 2 is 0.877 bits per heavy atom. The lowest BCUT2D eigenvalue weighted by atomic mass is 9.98. The molecule has 268 valence electrons. The topological polar surface area (TPSA) is 21.3 Å². The van der Waals surface area contributed by atoms with Crippen LogP contribution in [0.15, 0.2) is 223 Å². The van der Waals surface area contributed by atoms with Crippen molar-refractivity contribution in [3.05, 3.63) is 218 Å². The van der Waals surface area contributed by atoms with Gasteiger partial charge in [-0.2, -0.15) is 0 Å². The van der Waals surface area contributed by atoms with Crippen LogP contribution in [-0.4, -0.2) is 4.57 Å². The average molecular weight is 729 g/mol. The second kappa shape index (κ2) is 13.6. The maximum Gasteiger partial charge on any atom is 0.136 e. The standard InChI is InChI=1S/C54H36N2O/c1-2-14-37(15-3-1)38-28-30-39(31-29-38)45-20-4-8-24-50(45)55(42-17-12-16-40(34-42)41-32-33-49-48-23-7-11-27-53(48)57-54(49)35-41)43-18-13-19-44(36-43)56-51-25-9-5-21-46(51)47-22-6-10-26-52(47)56/h1-36H. The molecule has 0 aliphatic carbocycles. The number of para-hydroxylation sites is 4. The molecule has 0 fully saturated rings. The van der Waals surface area contributed by atoms with Crippen LogP contribution in [0.3, 0.4) is 0 Å². The van der Waals surface area contributed by atoms with E-state index in [9.17, 15) is 0 Å². The zero-order valence-electron chi connectivity index (χ0n) is 31.1. The molecule has 3 nitrogen and oxygen atoms in total. The van der Waals surface area contributed by atoms with Crippen LogP contribution in [0.1, 0.15) is 0 Å². The van der Waals surface area contributed by atoms with Crippen LogP contribution >= 0.6 is 0 Å². The molecule has 2 aromatic heterocycles. The summed E-state index contributed by atoms with van der Waals surface area (Å²) in [7, 11) is 0. The van der Waals surface area contributed by atoms with Gasteiger partial charge in [0, 0.05) is 44.2 Å². The second-order valence-electron chi connectivity index (χ2n) is 14.5. The monoisotopic (exact) mass is 728 g/mol. The molecule has 0 radical (unpaired) electrons. The highest BCUT2D eigenvalue weighted by Crippen LogP contribution is 2.44. The van der Waals surface area contributed by atoms with Crippen LogP contribution in [0.2, 0.25) is 0 Å². The molecule has 0 spiro atoms. The number of furan rings is 1. The first-order chi connectivity index (χ1) is 28.3. The Balaban J connectivity index is 1.09. The van der Waals surface area contributed by atoms with Gasteiger partial charge in [-0.15, -0.1) is 0 Å². The van der Waals surface area contributed by atoms with Gasteiger partial charge < -0.3 is 13.9 Å². The highest BCUT2D eigenvalue weighted by atomic mass is 16.3. The Bertz CT molecular complexity index is 3190. The number of fused-ring (bicyclic) bond motifs is 6. The van der Waals surface area contributed by atoms with E-state index in [0.717, 1.165) is 66.9 Å². The van der Waals surface area contributed by atoms with Gasteiger partial charge in [0.05, 0.1) is 16.7 Å². The van der Waals surface area contributed by atoms with E-state index >= 15 is 0 Å². The molecule has 0 aliphatic rings. The molecule has 0 bridgehead atoms. The number of hydrogen-bond acceptors (Lipinski definition) is 2. The number of hydrogen-bond donors (Lipinski definition) is 0. The van der Waals surface area contributed by atoms with E-state index < -0.39 is 0 Å². The van der Waals surface area contributed by atoms with Crippen molar-refractivity contribution < 1.29 is 4.42 Å². The van der Waals surface area contributed by atoms with Gasteiger partial charge in [0.1, 0.15) is 11.2 Å². The molecule has 0 saturated carbocycles. The molecule has 0 N–H and O–H groups in total. The lowest BCUT2D eigenvalue weighted by Crippen LogP contribution is -2.12. The minimum Gasteiger partial charge on any atom is -0.456 e. The molecular formula is C54H36N2O. The van der Waals surface area contributed by atoms with Crippen molar-refractivity contribution in [1.82, 2.24) is 4.57 Å². The van der Waals surface area contributed by atoms with Crippen molar-refractivity contribution in [3.8, 4) is 39.1 Å². The zero-order valence-corrected chi connectivity index (χ0v) is 31.1. The van der Waals surface area contributed by atoms with Crippen LogP contribution < -0.4 is 4.90 Å². The van der Waals surface area contributed by atoms with E-state index in [-0.39, 0.29) is 0 Å². The number of rotatable bonds is 7. The van der Waals surface area contributed by atoms with Gasteiger partial charge in [-0.05, 0) is 94.5 Å². The van der Waals surface area contributed by atoms with Gasteiger partial charge in [-0.25, -0.2) is 0 Å². The summed E-state index contributed by atoms with van der Waals surface area (Å²) in [5.41, 5.74) is 15.4. The number of aromatic nitrogens is 1. The van der Waals surface area contributed by atoms with Gasteiger partial charge >= 0.3 is 0 Å². The third kappa shape index (κ3) is 5.68. The summed E-state index contributed by atoms with van der Waals surface area (Å²) < 4.78 is 8.72. The Hall–Kier alpha value is -7.62. The number of benzene rings is 9. The van der Waals surface area contributed by atoms with E-state index in [2.05, 4.69) is 216 Å². The molecular weight excluding hydrogens is 693 g/mol. The van der Waals surface area contributed by atoms with Crippen molar-refractivity contribution in [2.75, 3.05) is 4.90 Å². The highest BCUT2D eigenvalue weighted by molar-refractivity contribution is 6.09. The largest absolute Gasteiger partial charge is 0.456 e. The molecule has 0 atom stereocenters. The predicted octanol–water partition coefficient (Wildman–Crippen LogP) is 15.2. The quantitative estimate of drug-likeness (QED) is 0.163. The van der Waals surface area contributed by atoms with Gasteiger partial charge in [-0.1, -0.05) is 152 Å². The minimum atomic E-state index is 0.888. The first-order valence-corrected chi connectivity index (χ1v) is 19.4. The van der Waals surface area contributed by atoms with E-state index in [0.29, 0.717) is 0 Å². The van der Waals surface area contributed by atoms with E-state index in [4.69, 9.17) is 4.42 Å². The van der Waals surface area contributed by atoms with Crippen LogP contribution in [0.5, 0.6) is 0 Å². The number of anilines is 3. The van der Waals surface area contributed by atoms with Crippen molar-refractivity contribution in [3.63, 3.8) is 0 Å². The van der Waals surface area contributed by atoms with Crippen molar-refractivity contribution in [2.45, 2.75) is 0 Å². The molecule has 0 unspecified atom stereocenters. The maximum atomic E-state index is 6.33. The molecule has 0 amide bonds. The lowest BCUT2D eigenvalue weighted by Gasteiger charge is -2.29. The highest BCUT2D eigenvalue weighted by Gasteiger charge is 2.20. The molecule has 57 heavy (non-hydrogen) atoms. The zero-order chi connectivity index (χ0) is 37.7. The van der Waals surface area contributed by atoms with Gasteiger partial charge in [-0.3, -0.25) is 0 Å². The fourth-order valence-electron chi connectivity index (χ4n) is 8.51. The normalized spacial score (nSPS) is 11.5. The molecule has 3 heteroatoms. The first kappa shape index (κ1) is 32.8. The van der Waals surface area contributed by atoms with Crippen molar-refractivity contribution >= 4 is 60.8 Å². The van der Waals surface area contributed by atoms with Gasteiger partial charge in [0.15, 0.2) is 0 Å². The third-order valence-corrected chi connectivity index (χ3v) is 11.2. The Kier molecular flexibility index (Phi) is 7.82. The van der Waals surface area contributed by atoms with Gasteiger partial charge in [0.2, 0.25) is 0 Å². The summed E-state index contributed by atoms with van der Waals surface area (Å²) in [5, 5.41) is 4.75. The summed E-state index contributed by atoms with van der Waals surface area (Å²) in [6.07, 6.45) is 0. The van der Waals surface area contributed by atoms with Crippen LogP contribution in [0.25, 0.3) is 82.8 Å². The van der Waals surface area contributed by atoms with E-state index in [1.807, 2.05) is 12.1 Å². The van der Waals surface area contributed by atoms with Crippen molar-refractivity contribution in [2.24, 2.45) is 0 Å². The van der Waals surface area contributed by atoms with Crippen LogP contribution in [-0.2, 0) is 0 Å². The molecule has 11 rings (SSSR count). The molecule has 11 aromatic rings. The average Bonchev–Trinajstić information content (AvgIpc) is 3.83. The summed E-state index contributed by atoms with van der Waals surface area (Å²) >= 11 is 0. The summed E-state index contributed by atoms with van der Waals surface area (Å²) in [5.74, 6) is 0. The summed E-state index contributed by atoms with van der Waals surface area (Å²) in [6, 6.07) is 78.2. The fraction of sp³-hybridized carbons (Fsp3) is 0. The maximum absolute atomic E-state index is 6.33. The van der Waals surface area contributed by atoms with Gasteiger partial charge in [0.25, 0.3) is 0 Å². The molecule has 0 saturated heterocycles. The summed E-state index contributed by atoms with van der Waals surface area (Å²) in [6.45, 7) is 0. The van der Waals surface area contributed by atoms with E-state index in [1.165, 1.54) is 32.9 Å². The Morgan fingerprint density at radius 3 is 1.67 bits per heavy atom. The predicted molar refractivity (Wildman–Crippen MR) is 239 cm³/mol. The molecule has 2 heterocycles. The molecule has 0 aliphatic heterocycles. The minimum absolute atomic E-state index is 0.888. The summed E-state index contributed by atoms with van der Waals surface area (Å²) in [4.78, 5) is 2.40. The smallest absolute Gasteiger partial charge is 0.136 e. The molecule has 9 aromatic carbocycles. The second-order valence-corrected chi connectivity index (χ2v) is 14.5. The first-order valence-electron chi connectivity index (χ1n) is 19.4. The third-order valence-electron chi connectivity index (χ3n) is 11.2. The van der Waals surface area contributed by atoms with E-state index in [1.54, 1.807) is 0 Å². The SMILES string of the molecule is c1ccc(-c2ccc(-c3ccccc3N(c3cccc(-c4ccc5c(c4)oc4ccccc45)c3)c3cccc(-n4c5ccccc5c5ccccc54)c3)cc2)cc1. The van der Waals surface area contributed by atoms with Crippen molar-refractivity contribution in [1.29, 1.82) is 0 Å². The van der Waals surface area contributed by atoms with Crippen LogP contribution in [0.4, 0.5) is 17.1 Å². The fourth-order valence-corrected chi connectivity index (χ4v) is 8.51. The lowest BCUT2D eigenvalue weighted by molar-refractivity contribution is 0.669. The van der Waals surface area contributed by atoms with Crippen LogP contribution in [0, 0.1) is 0 Å².